The Kier molecular flexibility index (Phi) is 5.07. The van der Waals surface area contributed by atoms with Gasteiger partial charge in [-0.15, -0.1) is 23.1 Å². The zero-order chi connectivity index (χ0) is 19.7. The van der Waals surface area contributed by atoms with Gasteiger partial charge in [0.05, 0.1) is 15.6 Å². The van der Waals surface area contributed by atoms with Crippen LogP contribution in [0.5, 0.6) is 0 Å². The Morgan fingerprint density at radius 2 is 1.75 bits per heavy atom. The average molecular weight is 409 g/mol. The largest absolute Gasteiger partial charge is 0.397 e. The van der Waals surface area contributed by atoms with Crippen molar-refractivity contribution in [2.75, 3.05) is 17.3 Å². The molecule has 0 radical (unpaired) electrons. The standard InChI is InChI=1S/C22H17FN2OS2/c1-27-21-12-15-2-3-16(11-20(15)28-21)22(26)25-19-10-14(6-9-18(19)24)13-4-7-17(23)8-5-13/h2-12H,24H2,1H3,(H,25,26). The second-order valence-electron chi connectivity index (χ2n) is 6.29. The van der Waals surface area contributed by atoms with E-state index in [9.17, 15) is 9.18 Å². The maximum Gasteiger partial charge on any atom is 0.255 e. The first-order chi connectivity index (χ1) is 13.5. The fourth-order valence-electron chi connectivity index (χ4n) is 2.93. The van der Waals surface area contributed by atoms with Gasteiger partial charge in [-0.2, -0.15) is 0 Å². The Morgan fingerprint density at radius 3 is 2.50 bits per heavy atom. The number of nitrogens with two attached hydrogens (primary N) is 1. The van der Waals surface area contributed by atoms with E-state index in [1.165, 1.54) is 16.3 Å². The van der Waals surface area contributed by atoms with E-state index in [1.807, 2.05) is 30.5 Å². The van der Waals surface area contributed by atoms with Crippen LogP contribution in [0.2, 0.25) is 0 Å². The summed E-state index contributed by atoms with van der Waals surface area (Å²) in [6.07, 6.45) is 2.04. The number of amides is 1. The molecular weight excluding hydrogens is 391 g/mol. The molecule has 0 aliphatic heterocycles. The van der Waals surface area contributed by atoms with E-state index in [-0.39, 0.29) is 11.7 Å². The van der Waals surface area contributed by atoms with E-state index in [2.05, 4.69) is 11.4 Å². The number of thioether (sulfide) groups is 1. The molecule has 3 aromatic carbocycles. The summed E-state index contributed by atoms with van der Waals surface area (Å²) < 4.78 is 15.4. The number of carbonyl (C=O) groups excluding carboxylic acids is 1. The molecule has 1 heterocycles. The minimum atomic E-state index is -0.290. The molecule has 0 fully saturated rings. The SMILES string of the molecule is CSc1cc2ccc(C(=O)Nc3cc(-c4ccc(F)cc4)ccc3N)cc2s1. The van der Waals surface area contributed by atoms with Crippen LogP contribution in [0.15, 0.2) is 70.9 Å². The van der Waals surface area contributed by atoms with Crippen LogP contribution in [0.1, 0.15) is 10.4 Å². The van der Waals surface area contributed by atoms with Gasteiger partial charge in [0.25, 0.3) is 5.91 Å². The molecule has 1 aromatic heterocycles. The van der Waals surface area contributed by atoms with Crippen LogP contribution in [-0.4, -0.2) is 12.2 Å². The number of benzene rings is 3. The summed E-state index contributed by atoms with van der Waals surface area (Å²) in [6, 6.07) is 19.4. The van der Waals surface area contributed by atoms with Crippen molar-refractivity contribution in [2.45, 2.75) is 4.21 Å². The van der Waals surface area contributed by atoms with Crippen molar-refractivity contribution < 1.29 is 9.18 Å². The average Bonchev–Trinajstić information content (AvgIpc) is 3.12. The van der Waals surface area contributed by atoms with Gasteiger partial charge in [-0.3, -0.25) is 4.79 Å². The highest BCUT2D eigenvalue weighted by Crippen LogP contribution is 2.33. The Morgan fingerprint density at radius 1 is 1.00 bits per heavy atom. The van der Waals surface area contributed by atoms with Crippen molar-refractivity contribution in [2.24, 2.45) is 0 Å². The van der Waals surface area contributed by atoms with Gasteiger partial charge in [0.1, 0.15) is 5.82 Å². The Balaban J connectivity index is 1.62. The van der Waals surface area contributed by atoms with E-state index in [1.54, 1.807) is 47.4 Å². The van der Waals surface area contributed by atoms with Crippen LogP contribution < -0.4 is 11.1 Å². The molecule has 4 aromatic rings. The number of rotatable bonds is 4. The van der Waals surface area contributed by atoms with Crippen LogP contribution >= 0.6 is 23.1 Å². The van der Waals surface area contributed by atoms with Crippen molar-refractivity contribution in [1.82, 2.24) is 0 Å². The quantitative estimate of drug-likeness (QED) is 0.309. The molecule has 3 nitrogen and oxygen atoms in total. The number of hydrogen-bond acceptors (Lipinski definition) is 4. The predicted molar refractivity (Wildman–Crippen MR) is 118 cm³/mol. The molecule has 1 amide bonds. The summed E-state index contributed by atoms with van der Waals surface area (Å²) in [5.41, 5.74) is 9.33. The molecule has 0 saturated heterocycles. The summed E-state index contributed by atoms with van der Waals surface area (Å²) in [4.78, 5) is 12.8. The first-order valence-electron chi connectivity index (χ1n) is 8.58. The topological polar surface area (TPSA) is 55.1 Å². The summed E-state index contributed by atoms with van der Waals surface area (Å²) in [6.45, 7) is 0. The van der Waals surface area contributed by atoms with Crippen LogP contribution in [0, 0.1) is 5.82 Å². The molecule has 0 bridgehead atoms. The fourth-order valence-corrected chi connectivity index (χ4v) is 4.61. The number of thiophene rings is 1. The second-order valence-corrected chi connectivity index (χ2v) is 8.48. The molecule has 0 spiro atoms. The summed E-state index contributed by atoms with van der Waals surface area (Å²) in [5, 5.41) is 4.02. The Labute approximate surface area is 170 Å². The molecule has 0 aliphatic rings. The number of nitrogen functional groups attached to an aromatic ring is 1. The highest BCUT2D eigenvalue weighted by molar-refractivity contribution is 8.00. The van der Waals surface area contributed by atoms with Crippen LogP contribution in [0.4, 0.5) is 15.8 Å². The lowest BCUT2D eigenvalue weighted by atomic mass is 10.0. The summed E-state index contributed by atoms with van der Waals surface area (Å²) in [7, 11) is 0. The lowest BCUT2D eigenvalue weighted by molar-refractivity contribution is 0.102. The van der Waals surface area contributed by atoms with Gasteiger partial charge in [0.15, 0.2) is 0 Å². The van der Waals surface area contributed by atoms with Gasteiger partial charge in [0.2, 0.25) is 0 Å². The molecule has 140 valence electrons. The van der Waals surface area contributed by atoms with Crippen LogP contribution in [-0.2, 0) is 0 Å². The van der Waals surface area contributed by atoms with Crippen molar-refractivity contribution in [3.05, 3.63) is 78.1 Å². The zero-order valence-corrected chi connectivity index (χ0v) is 16.7. The minimum absolute atomic E-state index is 0.219. The Bertz CT molecular complexity index is 1170. The fraction of sp³-hybridized carbons (Fsp3) is 0.0455. The molecule has 0 atom stereocenters. The van der Waals surface area contributed by atoms with Gasteiger partial charge in [-0.25, -0.2) is 4.39 Å². The normalized spacial score (nSPS) is 10.9. The maximum absolute atomic E-state index is 13.2. The predicted octanol–water partition coefficient (Wildman–Crippen LogP) is 6.26. The molecule has 3 N–H and O–H groups in total. The number of carbonyl (C=O) groups is 1. The Hall–Kier alpha value is -2.83. The van der Waals surface area contributed by atoms with E-state index in [0.717, 1.165) is 21.2 Å². The lowest BCUT2D eigenvalue weighted by Gasteiger charge is -2.11. The van der Waals surface area contributed by atoms with E-state index >= 15 is 0 Å². The van der Waals surface area contributed by atoms with Gasteiger partial charge >= 0.3 is 0 Å². The maximum atomic E-state index is 13.2. The third-order valence-corrected chi connectivity index (χ3v) is 6.60. The number of hydrogen-bond donors (Lipinski definition) is 2. The van der Waals surface area contributed by atoms with E-state index in [4.69, 9.17) is 5.73 Å². The van der Waals surface area contributed by atoms with E-state index in [0.29, 0.717) is 16.9 Å². The van der Waals surface area contributed by atoms with Gasteiger partial charge < -0.3 is 11.1 Å². The number of nitrogens with one attached hydrogen (secondary N) is 1. The first-order valence-corrected chi connectivity index (χ1v) is 10.6. The van der Waals surface area contributed by atoms with Crippen molar-refractivity contribution >= 4 is 50.5 Å². The molecule has 0 saturated carbocycles. The van der Waals surface area contributed by atoms with Crippen molar-refractivity contribution in [3.8, 4) is 11.1 Å². The second kappa shape index (κ2) is 7.66. The number of halogens is 1. The smallest absolute Gasteiger partial charge is 0.255 e. The summed E-state index contributed by atoms with van der Waals surface area (Å²) >= 11 is 3.36. The summed E-state index contributed by atoms with van der Waals surface area (Å²) in [5.74, 6) is -0.509. The highest BCUT2D eigenvalue weighted by Gasteiger charge is 2.11. The third-order valence-electron chi connectivity index (χ3n) is 4.44. The van der Waals surface area contributed by atoms with Crippen LogP contribution in [0.3, 0.4) is 0 Å². The molecule has 0 aliphatic carbocycles. The minimum Gasteiger partial charge on any atom is -0.397 e. The van der Waals surface area contributed by atoms with Crippen molar-refractivity contribution in [1.29, 1.82) is 0 Å². The van der Waals surface area contributed by atoms with Crippen molar-refractivity contribution in [3.63, 3.8) is 0 Å². The first kappa shape index (κ1) is 18.5. The van der Waals surface area contributed by atoms with Gasteiger partial charge in [-0.05, 0) is 65.2 Å². The van der Waals surface area contributed by atoms with Gasteiger partial charge in [-0.1, -0.05) is 24.3 Å². The molecule has 0 unspecified atom stereocenters. The lowest BCUT2D eigenvalue weighted by Crippen LogP contribution is -2.13. The monoisotopic (exact) mass is 408 g/mol. The van der Waals surface area contributed by atoms with Gasteiger partial charge in [0, 0.05) is 10.3 Å². The molecule has 6 heteroatoms. The zero-order valence-electron chi connectivity index (χ0n) is 15.0. The highest BCUT2D eigenvalue weighted by atomic mass is 32.2. The molecule has 28 heavy (non-hydrogen) atoms. The number of anilines is 2. The number of fused-ring (bicyclic) bond motifs is 1. The van der Waals surface area contributed by atoms with Crippen LogP contribution in [0.25, 0.3) is 21.2 Å². The molecular formula is C22H17FN2OS2. The molecule has 4 rings (SSSR count). The third kappa shape index (κ3) is 3.74. The van der Waals surface area contributed by atoms with E-state index < -0.39 is 0 Å².